The van der Waals surface area contributed by atoms with E-state index in [-0.39, 0.29) is 22.4 Å². The van der Waals surface area contributed by atoms with Gasteiger partial charge >= 0.3 is 5.69 Å². The summed E-state index contributed by atoms with van der Waals surface area (Å²) in [5, 5.41) is 9.66. The van der Waals surface area contributed by atoms with Crippen LogP contribution in [0.1, 0.15) is 33.3 Å². The van der Waals surface area contributed by atoms with E-state index in [0.29, 0.717) is 11.7 Å². The Balaban J connectivity index is 2.04. The summed E-state index contributed by atoms with van der Waals surface area (Å²) in [6, 6.07) is 9.96. The van der Waals surface area contributed by atoms with Gasteiger partial charge in [-0.3, -0.25) is 9.36 Å². The van der Waals surface area contributed by atoms with Crippen LogP contribution in [0.15, 0.2) is 40.3 Å². The van der Waals surface area contributed by atoms with Gasteiger partial charge in [-0.15, -0.1) is 5.10 Å². The van der Waals surface area contributed by atoms with Crippen LogP contribution in [0.25, 0.3) is 0 Å². The van der Waals surface area contributed by atoms with Crippen LogP contribution < -0.4 is 11.0 Å². The van der Waals surface area contributed by atoms with Crippen molar-refractivity contribution in [3.8, 4) is 0 Å². The number of carbonyl (C=O) groups excluding carboxylic acids is 1. The molecule has 24 heavy (non-hydrogen) atoms. The van der Waals surface area contributed by atoms with Gasteiger partial charge in [-0.25, -0.2) is 9.89 Å². The van der Waals surface area contributed by atoms with E-state index in [2.05, 4.69) is 15.5 Å². The predicted octanol–water partition coefficient (Wildman–Crippen LogP) is 2.21. The standard InChI is InChI=1S/C17H24N4O2S/c1-12(14(22)18-17(2,3)4)24-16-20-19-15(23)21(16)11-10-13-8-6-5-7-9-13/h5-9,12H,10-11H2,1-4H3,(H,18,22)(H,19,23)/t12-/m1/s1. The number of carbonyl (C=O) groups is 1. The molecule has 0 spiro atoms. The molecule has 0 aliphatic carbocycles. The lowest BCUT2D eigenvalue weighted by Crippen LogP contribution is -2.44. The number of benzene rings is 1. The highest BCUT2D eigenvalue weighted by molar-refractivity contribution is 8.00. The lowest BCUT2D eigenvalue weighted by atomic mass is 10.1. The van der Waals surface area contributed by atoms with Gasteiger partial charge in [0, 0.05) is 12.1 Å². The van der Waals surface area contributed by atoms with Crippen LogP contribution in [0.2, 0.25) is 0 Å². The molecular weight excluding hydrogens is 324 g/mol. The van der Waals surface area contributed by atoms with Crippen LogP contribution in [-0.2, 0) is 17.8 Å². The van der Waals surface area contributed by atoms with E-state index in [1.54, 1.807) is 4.57 Å². The number of nitrogens with zero attached hydrogens (tertiary/aromatic N) is 2. The number of H-pyrrole nitrogens is 1. The summed E-state index contributed by atoms with van der Waals surface area (Å²) in [5.41, 5.74) is 0.613. The number of amides is 1. The van der Waals surface area contributed by atoms with Crippen LogP contribution in [0.4, 0.5) is 0 Å². The minimum atomic E-state index is -0.338. The Kier molecular flexibility index (Phi) is 5.88. The van der Waals surface area contributed by atoms with Crippen molar-refractivity contribution in [2.24, 2.45) is 0 Å². The number of thioether (sulfide) groups is 1. The summed E-state index contributed by atoms with van der Waals surface area (Å²) >= 11 is 1.28. The highest BCUT2D eigenvalue weighted by Gasteiger charge is 2.22. The van der Waals surface area contributed by atoms with Crippen molar-refractivity contribution in [1.29, 1.82) is 0 Å². The summed E-state index contributed by atoms with van der Waals surface area (Å²) < 4.78 is 1.58. The molecule has 2 N–H and O–H groups in total. The zero-order valence-electron chi connectivity index (χ0n) is 14.5. The monoisotopic (exact) mass is 348 g/mol. The largest absolute Gasteiger partial charge is 0.351 e. The Morgan fingerprint density at radius 2 is 2.00 bits per heavy atom. The Labute approximate surface area is 146 Å². The first-order valence-electron chi connectivity index (χ1n) is 7.94. The number of hydrogen-bond donors (Lipinski definition) is 2. The fourth-order valence-corrected chi connectivity index (χ4v) is 3.04. The fraction of sp³-hybridized carbons (Fsp3) is 0.471. The number of hydrogen-bond acceptors (Lipinski definition) is 4. The first-order valence-corrected chi connectivity index (χ1v) is 8.82. The Hall–Kier alpha value is -2.02. The van der Waals surface area contributed by atoms with Crippen molar-refractivity contribution in [3.63, 3.8) is 0 Å². The van der Waals surface area contributed by atoms with Gasteiger partial charge in [0.15, 0.2) is 5.16 Å². The van der Waals surface area contributed by atoms with E-state index in [1.807, 2.05) is 58.0 Å². The molecule has 1 atom stereocenters. The molecule has 1 aromatic carbocycles. The normalized spacial score (nSPS) is 12.8. The molecule has 0 saturated carbocycles. The molecule has 2 rings (SSSR count). The minimum absolute atomic E-state index is 0.0717. The van der Waals surface area contributed by atoms with Gasteiger partial charge in [0.25, 0.3) is 0 Å². The lowest BCUT2D eigenvalue weighted by molar-refractivity contribution is -0.121. The molecule has 130 valence electrons. The molecule has 0 unspecified atom stereocenters. The summed E-state index contributed by atoms with van der Waals surface area (Å²) in [6.45, 7) is 8.15. The number of aromatic nitrogens is 3. The van der Waals surface area contributed by atoms with Gasteiger partial charge in [0.2, 0.25) is 5.91 Å². The van der Waals surface area contributed by atoms with E-state index in [9.17, 15) is 9.59 Å². The van der Waals surface area contributed by atoms with Gasteiger partial charge in [0.05, 0.1) is 5.25 Å². The van der Waals surface area contributed by atoms with E-state index >= 15 is 0 Å². The molecule has 0 fully saturated rings. The third-order valence-corrected chi connectivity index (χ3v) is 4.43. The average molecular weight is 348 g/mol. The highest BCUT2D eigenvalue weighted by Crippen LogP contribution is 2.21. The maximum Gasteiger partial charge on any atom is 0.343 e. The Bertz CT molecular complexity index is 731. The van der Waals surface area contributed by atoms with Crippen molar-refractivity contribution in [3.05, 3.63) is 46.4 Å². The van der Waals surface area contributed by atoms with Gasteiger partial charge in [-0.05, 0) is 39.7 Å². The summed E-state index contributed by atoms with van der Waals surface area (Å²) in [6.07, 6.45) is 0.733. The zero-order chi connectivity index (χ0) is 17.7. The average Bonchev–Trinajstić information content (AvgIpc) is 2.84. The molecule has 0 aliphatic heterocycles. The number of rotatable bonds is 6. The number of aromatic amines is 1. The maximum absolute atomic E-state index is 12.2. The smallest absolute Gasteiger partial charge is 0.343 e. The number of nitrogens with one attached hydrogen (secondary N) is 2. The molecule has 1 aromatic heterocycles. The molecule has 0 radical (unpaired) electrons. The van der Waals surface area contributed by atoms with Gasteiger partial charge < -0.3 is 5.32 Å². The summed E-state index contributed by atoms with van der Waals surface area (Å²) in [7, 11) is 0. The molecular formula is C17H24N4O2S. The van der Waals surface area contributed by atoms with E-state index < -0.39 is 0 Å². The Morgan fingerprint density at radius 3 is 2.62 bits per heavy atom. The first kappa shape index (κ1) is 18.3. The van der Waals surface area contributed by atoms with Crippen molar-refractivity contribution in [1.82, 2.24) is 20.1 Å². The van der Waals surface area contributed by atoms with Crippen molar-refractivity contribution in [2.75, 3.05) is 0 Å². The molecule has 1 amide bonds. The molecule has 0 saturated heterocycles. The predicted molar refractivity (Wildman–Crippen MR) is 96.2 cm³/mol. The van der Waals surface area contributed by atoms with Crippen LogP contribution in [0, 0.1) is 0 Å². The highest BCUT2D eigenvalue weighted by atomic mass is 32.2. The second-order valence-corrected chi connectivity index (χ2v) is 8.01. The van der Waals surface area contributed by atoms with E-state index in [1.165, 1.54) is 11.8 Å². The van der Waals surface area contributed by atoms with Crippen LogP contribution in [0.3, 0.4) is 0 Å². The quantitative estimate of drug-likeness (QED) is 0.785. The first-order chi connectivity index (χ1) is 11.3. The van der Waals surface area contributed by atoms with Crippen molar-refractivity contribution in [2.45, 2.75) is 56.6 Å². The van der Waals surface area contributed by atoms with Gasteiger partial charge in [-0.1, -0.05) is 42.1 Å². The number of aryl methyl sites for hydroxylation is 1. The second-order valence-electron chi connectivity index (χ2n) is 6.70. The summed E-state index contributed by atoms with van der Waals surface area (Å²) in [5.74, 6) is -0.0717. The molecule has 1 heterocycles. The molecule has 0 bridgehead atoms. The summed E-state index contributed by atoms with van der Waals surface area (Å²) in [4.78, 5) is 24.2. The minimum Gasteiger partial charge on any atom is -0.351 e. The molecule has 0 aliphatic rings. The molecule has 2 aromatic rings. The van der Waals surface area contributed by atoms with Gasteiger partial charge in [-0.2, -0.15) is 0 Å². The van der Waals surface area contributed by atoms with E-state index in [4.69, 9.17) is 0 Å². The fourth-order valence-electron chi connectivity index (χ4n) is 2.16. The molecule has 6 nitrogen and oxygen atoms in total. The topological polar surface area (TPSA) is 79.8 Å². The third kappa shape index (κ3) is 5.26. The Morgan fingerprint density at radius 1 is 1.33 bits per heavy atom. The third-order valence-electron chi connectivity index (χ3n) is 3.34. The van der Waals surface area contributed by atoms with Crippen molar-refractivity contribution < 1.29 is 4.79 Å². The van der Waals surface area contributed by atoms with Crippen LogP contribution in [-0.4, -0.2) is 31.5 Å². The van der Waals surface area contributed by atoms with E-state index in [0.717, 1.165) is 12.0 Å². The van der Waals surface area contributed by atoms with Crippen molar-refractivity contribution >= 4 is 17.7 Å². The maximum atomic E-state index is 12.2. The van der Waals surface area contributed by atoms with Crippen LogP contribution >= 0.6 is 11.8 Å². The second kappa shape index (κ2) is 7.70. The lowest BCUT2D eigenvalue weighted by Gasteiger charge is -2.22. The SMILES string of the molecule is C[C@@H](Sc1n[nH]c(=O)n1CCc1ccccc1)C(=O)NC(C)(C)C. The molecule has 7 heteroatoms. The van der Waals surface area contributed by atoms with Gasteiger partial charge in [0.1, 0.15) is 0 Å². The van der Waals surface area contributed by atoms with Crippen LogP contribution in [0.5, 0.6) is 0 Å². The zero-order valence-corrected chi connectivity index (χ0v) is 15.3.